The second-order valence-corrected chi connectivity index (χ2v) is 10.4. The Morgan fingerprint density at radius 3 is 2.21 bits per heavy atom. The van der Waals surface area contributed by atoms with Crippen molar-refractivity contribution in [2.75, 3.05) is 4.90 Å². The van der Waals surface area contributed by atoms with Crippen LogP contribution >= 0.6 is 11.3 Å². The van der Waals surface area contributed by atoms with Gasteiger partial charge in [-0.05, 0) is 28.7 Å². The van der Waals surface area contributed by atoms with E-state index in [-0.39, 0.29) is 16.7 Å². The highest BCUT2D eigenvalue weighted by atomic mass is 32.1. The Kier molecular flexibility index (Phi) is 5.33. The first-order valence-corrected chi connectivity index (χ1v) is 11.9. The van der Waals surface area contributed by atoms with Gasteiger partial charge in [-0.25, -0.2) is 4.98 Å². The first-order chi connectivity index (χ1) is 16.3. The number of Topliss-reactive ketones (excluding diaryl/α,β-unsaturated/α-hetero) is 1. The van der Waals surface area contributed by atoms with E-state index in [4.69, 9.17) is 0 Å². The van der Waals surface area contributed by atoms with Crippen LogP contribution in [0.5, 0.6) is 0 Å². The number of fused-ring (bicyclic) bond motifs is 1. The summed E-state index contributed by atoms with van der Waals surface area (Å²) in [6.07, 6.45) is 0. The Morgan fingerprint density at radius 1 is 0.912 bits per heavy atom. The van der Waals surface area contributed by atoms with Crippen LogP contribution in [-0.2, 0) is 15.0 Å². The van der Waals surface area contributed by atoms with E-state index in [0.29, 0.717) is 10.7 Å². The zero-order chi connectivity index (χ0) is 24.0. The molecule has 0 saturated carbocycles. The fourth-order valence-corrected chi connectivity index (χ4v) is 5.22. The number of para-hydroxylation sites is 1. The highest BCUT2D eigenvalue weighted by molar-refractivity contribution is 7.22. The molecule has 2 heterocycles. The molecular weight excluding hydrogens is 444 g/mol. The summed E-state index contributed by atoms with van der Waals surface area (Å²) in [4.78, 5) is 32.7. The van der Waals surface area contributed by atoms with E-state index in [2.05, 4.69) is 25.8 Å². The second kappa shape index (κ2) is 8.22. The number of carbonyl (C=O) groups excluding carboxylic acids is 2. The summed E-state index contributed by atoms with van der Waals surface area (Å²) in [6, 6.07) is 23.5. The Morgan fingerprint density at radius 2 is 1.56 bits per heavy atom. The van der Waals surface area contributed by atoms with Gasteiger partial charge in [0.05, 0.1) is 21.8 Å². The summed E-state index contributed by atoms with van der Waals surface area (Å²) in [5.41, 5.74) is 3.15. The number of aliphatic hydroxyl groups excluding tert-OH is 1. The minimum atomic E-state index is -0.783. The van der Waals surface area contributed by atoms with Crippen LogP contribution in [0.4, 0.5) is 5.13 Å². The van der Waals surface area contributed by atoms with Crippen molar-refractivity contribution in [1.29, 1.82) is 0 Å². The third-order valence-electron chi connectivity index (χ3n) is 6.07. The number of anilines is 1. The van der Waals surface area contributed by atoms with Crippen molar-refractivity contribution < 1.29 is 14.7 Å². The Hall–Kier alpha value is -3.77. The number of ketones is 1. The number of hydrogen-bond acceptors (Lipinski definition) is 5. The smallest absolute Gasteiger partial charge is 0.301 e. The average Bonchev–Trinajstić information content (AvgIpc) is 3.37. The van der Waals surface area contributed by atoms with E-state index < -0.39 is 17.7 Å². The lowest BCUT2D eigenvalue weighted by atomic mass is 9.85. The fourth-order valence-electron chi connectivity index (χ4n) is 4.23. The maximum absolute atomic E-state index is 13.3. The number of aromatic nitrogens is 1. The van der Waals surface area contributed by atoms with Gasteiger partial charge in [0.1, 0.15) is 5.76 Å². The summed E-state index contributed by atoms with van der Waals surface area (Å²) in [7, 11) is 0. The molecule has 4 aromatic rings. The molecule has 1 aliphatic rings. The van der Waals surface area contributed by atoms with E-state index in [1.54, 1.807) is 24.3 Å². The van der Waals surface area contributed by atoms with Gasteiger partial charge < -0.3 is 5.11 Å². The van der Waals surface area contributed by atoms with Crippen molar-refractivity contribution in [3.05, 3.63) is 101 Å². The Balaban J connectivity index is 1.72. The molecule has 1 aliphatic heterocycles. The molecule has 34 heavy (non-hydrogen) atoms. The van der Waals surface area contributed by atoms with Gasteiger partial charge in [0.15, 0.2) is 5.13 Å². The standard InChI is InChI=1S/C28H24N2O3S/c1-28(2,3)19-15-13-17(14-16-19)23-22(24(31)18-9-5-4-6-10-18)25(32)26(33)30(23)27-29-20-11-7-8-12-21(20)34-27/h4-16,23,31H,1-3H3/t23-/m0/s1. The molecule has 0 spiro atoms. The van der Waals surface area contributed by atoms with Crippen LogP contribution in [0.15, 0.2) is 84.4 Å². The molecule has 1 aromatic heterocycles. The second-order valence-electron chi connectivity index (χ2n) is 9.37. The third kappa shape index (κ3) is 3.70. The lowest BCUT2D eigenvalue weighted by Crippen LogP contribution is -2.29. The lowest BCUT2D eigenvalue weighted by molar-refractivity contribution is -0.132. The van der Waals surface area contributed by atoms with Crippen LogP contribution < -0.4 is 4.90 Å². The van der Waals surface area contributed by atoms with Gasteiger partial charge >= 0.3 is 5.91 Å². The van der Waals surface area contributed by atoms with Crippen molar-refractivity contribution in [3.8, 4) is 0 Å². The maximum Gasteiger partial charge on any atom is 0.301 e. The predicted octanol–water partition coefficient (Wildman–Crippen LogP) is 6.22. The molecule has 6 heteroatoms. The third-order valence-corrected chi connectivity index (χ3v) is 7.11. The fraction of sp³-hybridized carbons (Fsp3) is 0.179. The molecule has 1 fully saturated rings. The number of benzene rings is 3. The lowest BCUT2D eigenvalue weighted by Gasteiger charge is -2.24. The van der Waals surface area contributed by atoms with Crippen molar-refractivity contribution in [2.45, 2.75) is 32.2 Å². The SMILES string of the molecule is CC(C)(C)c1ccc([C@H]2C(=C(O)c3ccccc3)C(=O)C(=O)N2c2nc3ccccc3s2)cc1. The molecule has 0 radical (unpaired) electrons. The van der Waals surface area contributed by atoms with Gasteiger partial charge in [-0.15, -0.1) is 0 Å². The van der Waals surface area contributed by atoms with Crippen LogP contribution in [-0.4, -0.2) is 21.8 Å². The van der Waals surface area contributed by atoms with E-state index in [1.165, 1.54) is 16.2 Å². The van der Waals surface area contributed by atoms with Gasteiger partial charge in [-0.3, -0.25) is 14.5 Å². The molecular formula is C28H24N2O3S. The Labute approximate surface area is 202 Å². The number of amides is 1. The largest absolute Gasteiger partial charge is 0.507 e. The molecule has 0 aliphatic carbocycles. The van der Waals surface area contributed by atoms with Crippen LogP contribution in [0.3, 0.4) is 0 Å². The zero-order valence-electron chi connectivity index (χ0n) is 19.1. The molecule has 5 rings (SSSR count). The normalized spacial score (nSPS) is 18.1. The molecule has 1 N–H and O–H groups in total. The highest BCUT2D eigenvalue weighted by Crippen LogP contribution is 2.44. The quantitative estimate of drug-likeness (QED) is 0.220. The number of nitrogens with zero attached hydrogens (tertiary/aromatic N) is 2. The van der Waals surface area contributed by atoms with Crippen molar-refractivity contribution in [3.63, 3.8) is 0 Å². The van der Waals surface area contributed by atoms with Crippen molar-refractivity contribution in [2.24, 2.45) is 0 Å². The van der Waals surface area contributed by atoms with Crippen LogP contribution in [0.1, 0.15) is 43.5 Å². The number of carbonyl (C=O) groups is 2. The van der Waals surface area contributed by atoms with Gasteiger partial charge in [-0.1, -0.05) is 98.8 Å². The average molecular weight is 469 g/mol. The molecule has 3 aromatic carbocycles. The number of thiazole rings is 1. The summed E-state index contributed by atoms with van der Waals surface area (Å²) in [5.74, 6) is -1.60. The maximum atomic E-state index is 13.3. The van der Waals surface area contributed by atoms with Crippen molar-refractivity contribution >= 4 is 44.1 Å². The molecule has 170 valence electrons. The highest BCUT2D eigenvalue weighted by Gasteiger charge is 2.48. The topological polar surface area (TPSA) is 70.5 Å². The minimum absolute atomic E-state index is 0.0442. The van der Waals surface area contributed by atoms with Crippen LogP contribution in [0, 0.1) is 0 Å². The number of hydrogen-bond donors (Lipinski definition) is 1. The predicted molar refractivity (Wildman–Crippen MR) is 136 cm³/mol. The van der Waals surface area contributed by atoms with Crippen LogP contribution in [0.25, 0.3) is 16.0 Å². The molecule has 1 atom stereocenters. The van der Waals surface area contributed by atoms with E-state index in [9.17, 15) is 14.7 Å². The van der Waals surface area contributed by atoms with E-state index in [1.807, 2.05) is 54.6 Å². The van der Waals surface area contributed by atoms with E-state index >= 15 is 0 Å². The summed E-state index contributed by atoms with van der Waals surface area (Å²) in [5, 5.41) is 11.6. The summed E-state index contributed by atoms with van der Waals surface area (Å²) in [6.45, 7) is 6.39. The summed E-state index contributed by atoms with van der Waals surface area (Å²) < 4.78 is 0.921. The Bertz CT molecular complexity index is 1400. The van der Waals surface area contributed by atoms with Crippen LogP contribution in [0.2, 0.25) is 0 Å². The minimum Gasteiger partial charge on any atom is -0.507 e. The molecule has 0 bridgehead atoms. The first kappa shape index (κ1) is 22.0. The molecule has 1 amide bonds. The molecule has 5 nitrogen and oxygen atoms in total. The molecule has 1 saturated heterocycles. The number of aliphatic hydroxyl groups is 1. The van der Waals surface area contributed by atoms with Gasteiger partial charge in [0, 0.05) is 5.56 Å². The summed E-state index contributed by atoms with van der Waals surface area (Å²) >= 11 is 1.35. The monoisotopic (exact) mass is 468 g/mol. The van der Waals surface area contributed by atoms with E-state index in [0.717, 1.165) is 21.3 Å². The van der Waals surface area contributed by atoms with Gasteiger partial charge in [-0.2, -0.15) is 0 Å². The van der Waals surface area contributed by atoms with Gasteiger partial charge in [0.25, 0.3) is 5.78 Å². The van der Waals surface area contributed by atoms with Crippen molar-refractivity contribution in [1.82, 2.24) is 4.98 Å². The first-order valence-electron chi connectivity index (χ1n) is 11.1. The zero-order valence-corrected chi connectivity index (χ0v) is 20.0. The molecule has 0 unspecified atom stereocenters. The van der Waals surface area contributed by atoms with Gasteiger partial charge in [0.2, 0.25) is 0 Å². The number of rotatable bonds is 3.